The van der Waals surface area contributed by atoms with E-state index in [1.165, 1.54) is 6.08 Å². The van der Waals surface area contributed by atoms with E-state index in [1.807, 2.05) is 50.2 Å². The van der Waals surface area contributed by atoms with E-state index in [9.17, 15) is 4.79 Å². The summed E-state index contributed by atoms with van der Waals surface area (Å²) in [5.41, 5.74) is 2.09. The van der Waals surface area contributed by atoms with Gasteiger partial charge in [0.05, 0.1) is 12.6 Å². The van der Waals surface area contributed by atoms with Crippen LogP contribution in [-0.4, -0.2) is 37.8 Å². The predicted octanol–water partition coefficient (Wildman–Crippen LogP) is 1.65. The molecule has 0 aliphatic heterocycles. The smallest absolute Gasteiger partial charge is 0.244 e. The summed E-state index contributed by atoms with van der Waals surface area (Å²) >= 11 is 0. The third kappa shape index (κ3) is 5.14. The number of hydrogen-bond donors (Lipinski definition) is 2. The number of benzene rings is 1. The molecule has 0 aromatic heterocycles. The summed E-state index contributed by atoms with van der Waals surface area (Å²) in [7, 11) is 3.97. The van der Waals surface area contributed by atoms with Crippen molar-refractivity contribution in [1.29, 1.82) is 0 Å². The molecular formula is C15H22N2O2. The number of anilines is 1. The van der Waals surface area contributed by atoms with Crippen molar-refractivity contribution in [2.75, 3.05) is 25.6 Å². The van der Waals surface area contributed by atoms with E-state index in [0.29, 0.717) is 6.42 Å². The second kappa shape index (κ2) is 7.59. The Morgan fingerprint density at radius 3 is 2.47 bits per heavy atom. The van der Waals surface area contributed by atoms with Crippen LogP contribution in [0.5, 0.6) is 0 Å². The Balaban J connectivity index is 2.58. The van der Waals surface area contributed by atoms with Crippen molar-refractivity contribution >= 4 is 17.7 Å². The largest absolute Gasteiger partial charge is 0.394 e. The first-order chi connectivity index (χ1) is 9.06. The Bertz CT molecular complexity index is 420. The van der Waals surface area contributed by atoms with Crippen molar-refractivity contribution in [3.05, 3.63) is 35.9 Å². The highest BCUT2D eigenvalue weighted by Gasteiger charge is 2.05. The zero-order chi connectivity index (χ0) is 14.3. The fourth-order valence-electron chi connectivity index (χ4n) is 1.58. The predicted molar refractivity (Wildman–Crippen MR) is 79.1 cm³/mol. The Kier molecular flexibility index (Phi) is 6.09. The summed E-state index contributed by atoms with van der Waals surface area (Å²) in [6.07, 6.45) is 3.97. The van der Waals surface area contributed by atoms with Crippen LogP contribution in [0.4, 0.5) is 5.69 Å². The van der Waals surface area contributed by atoms with E-state index in [0.717, 1.165) is 11.3 Å². The molecule has 1 atom stereocenters. The molecule has 0 radical (unpaired) electrons. The first-order valence-electron chi connectivity index (χ1n) is 6.43. The molecule has 104 valence electrons. The second-order valence-corrected chi connectivity index (χ2v) is 4.62. The molecule has 0 bridgehead atoms. The number of carbonyl (C=O) groups excluding carboxylic acids is 1. The molecule has 4 heteroatoms. The maximum Gasteiger partial charge on any atom is 0.244 e. The minimum atomic E-state index is -0.183. The molecule has 0 saturated heterocycles. The summed E-state index contributed by atoms with van der Waals surface area (Å²) in [6.45, 7) is 1.89. The Morgan fingerprint density at radius 2 is 2.00 bits per heavy atom. The summed E-state index contributed by atoms with van der Waals surface area (Å²) in [4.78, 5) is 13.6. The number of aliphatic hydroxyl groups excluding tert-OH is 1. The van der Waals surface area contributed by atoms with Crippen LogP contribution in [0.15, 0.2) is 30.3 Å². The SMILES string of the molecule is CCC(CO)NC(=O)/C=C/c1ccc(N(C)C)cc1. The molecule has 1 aromatic carbocycles. The third-order valence-electron chi connectivity index (χ3n) is 2.90. The minimum absolute atomic E-state index is 0.0341. The van der Waals surface area contributed by atoms with Crippen LogP contribution >= 0.6 is 0 Å². The van der Waals surface area contributed by atoms with E-state index in [2.05, 4.69) is 5.32 Å². The molecule has 1 unspecified atom stereocenters. The van der Waals surface area contributed by atoms with E-state index >= 15 is 0 Å². The van der Waals surface area contributed by atoms with Crippen LogP contribution in [0.2, 0.25) is 0 Å². The zero-order valence-electron chi connectivity index (χ0n) is 11.8. The van der Waals surface area contributed by atoms with Gasteiger partial charge < -0.3 is 15.3 Å². The average Bonchev–Trinajstić information content (AvgIpc) is 2.43. The number of amides is 1. The van der Waals surface area contributed by atoms with Gasteiger partial charge in [-0.05, 0) is 30.2 Å². The molecule has 0 aliphatic rings. The van der Waals surface area contributed by atoms with E-state index in [-0.39, 0.29) is 18.6 Å². The van der Waals surface area contributed by atoms with Gasteiger partial charge in [-0.25, -0.2) is 0 Å². The molecule has 0 heterocycles. The molecule has 19 heavy (non-hydrogen) atoms. The van der Waals surface area contributed by atoms with Crippen LogP contribution < -0.4 is 10.2 Å². The summed E-state index contributed by atoms with van der Waals surface area (Å²) in [6, 6.07) is 7.75. The molecule has 0 saturated carbocycles. The number of aliphatic hydroxyl groups is 1. The second-order valence-electron chi connectivity index (χ2n) is 4.62. The lowest BCUT2D eigenvalue weighted by molar-refractivity contribution is -0.117. The van der Waals surface area contributed by atoms with Gasteiger partial charge in [0.2, 0.25) is 5.91 Å². The molecule has 1 rings (SSSR count). The van der Waals surface area contributed by atoms with Crippen molar-refractivity contribution in [3.8, 4) is 0 Å². The highest BCUT2D eigenvalue weighted by atomic mass is 16.3. The van der Waals surface area contributed by atoms with Crippen LogP contribution in [0.3, 0.4) is 0 Å². The standard InChI is InChI=1S/C15H22N2O2/c1-4-13(11-18)16-15(19)10-7-12-5-8-14(9-6-12)17(2)3/h5-10,13,18H,4,11H2,1-3H3,(H,16,19)/b10-7+. The van der Waals surface area contributed by atoms with Gasteiger partial charge in [0.1, 0.15) is 0 Å². The van der Waals surface area contributed by atoms with Gasteiger partial charge >= 0.3 is 0 Å². The van der Waals surface area contributed by atoms with Gasteiger partial charge in [0, 0.05) is 25.9 Å². The molecule has 4 nitrogen and oxygen atoms in total. The Morgan fingerprint density at radius 1 is 1.37 bits per heavy atom. The lowest BCUT2D eigenvalue weighted by atomic mass is 10.2. The van der Waals surface area contributed by atoms with Gasteiger partial charge in [-0.3, -0.25) is 4.79 Å². The number of hydrogen-bond acceptors (Lipinski definition) is 3. The van der Waals surface area contributed by atoms with Crippen LogP contribution in [0.25, 0.3) is 6.08 Å². The highest BCUT2D eigenvalue weighted by molar-refractivity contribution is 5.91. The van der Waals surface area contributed by atoms with Crippen molar-refractivity contribution in [1.82, 2.24) is 5.32 Å². The van der Waals surface area contributed by atoms with E-state index in [4.69, 9.17) is 5.11 Å². The number of nitrogens with zero attached hydrogens (tertiary/aromatic N) is 1. The van der Waals surface area contributed by atoms with Gasteiger partial charge in [-0.15, -0.1) is 0 Å². The van der Waals surface area contributed by atoms with Crippen molar-refractivity contribution < 1.29 is 9.90 Å². The van der Waals surface area contributed by atoms with E-state index in [1.54, 1.807) is 6.08 Å². The van der Waals surface area contributed by atoms with Gasteiger partial charge in [0.15, 0.2) is 0 Å². The maximum absolute atomic E-state index is 11.6. The number of nitrogens with one attached hydrogen (secondary N) is 1. The third-order valence-corrected chi connectivity index (χ3v) is 2.90. The topological polar surface area (TPSA) is 52.6 Å². The lowest BCUT2D eigenvalue weighted by Crippen LogP contribution is -2.35. The summed E-state index contributed by atoms with van der Waals surface area (Å²) in [5, 5.41) is 11.7. The minimum Gasteiger partial charge on any atom is -0.394 e. The quantitative estimate of drug-likeness (QED) is 0.767. The monoisotopic (exact) mass is 262 g/mol. The highest BCUT2D eigenvalue weighted by Crippen LogP contribution is 2.12. The lowest BCUT2D eigenvalue weighted by Gasteiger charge is -2.12. The zero-order valence-corrected chi connectivity index (χ0v) is 11.8. The fraction of sp³-hybridized carbons (Fsp3) is 0.400. The van der Waals surface area contributed by atoms with E-state index < -0.39 is 0 Å². The molecule has 2 N–H and O–H groups in total. The van der Waals surface area contributed by atoms with Gasteiger partial charge in [-0.1, -0.05) is 19.1 Å². The Hall–Kier alpha value is -1.81. The van der Waals surface area contributed by atoms with Crippen molar-refractivity contribution in [2.24, 2.45) is 0 Å². The molecular weight excluding hydrogens is 240 g/mol. The van der Waals surface area contributed by atoms with Crippen LogP contribution in [0, 0.1) is 0 Å². The van der Waals surface area contributed by atoms with Gasteiger partial charge in [-0.2, -0.15) is 0 Å². The summed E-state index contributed by atoms with van der Waals surface area (Å²) < 4.78 is 0. The van der Waals surface area contributed by atoms with Crippen LogP contribution in [0.1, 0.15) is 18.9 Å². The molecule has 0 spiro atoms. The molecule has 1 amide bonds. The average molecular weight is 262 g/mol. The summed E-state index contributed by atoms with van der Waals surface area (Å²) in [5.74, 6) is -0.183. The number of rotatable bonds is 6. The van der Waals surface area contributed by atoms with Gasteiger partial charge in [0.25, 0.3) is 0 Å². The first kappa shape index (κ1) is 15.2. The normalized spacial score (nSPS) is 12.4. The maximum atomic E-state index is 11.6. The van der Waals surface area contributed by atoms with Crippen molar-refractivity contribution in [3.63, 3.8) is 0 Å². The van der Waals surface area contributed by atoms with Crippen LogP contribution in [-0.2, 0) is 4.79 Å². The first-order valence-corrected chi connectivity index (χ1v) is 6.43. The molecule has 1 aromatic rings. The molecule has 0 fully saturated rings. The molecule has 0 aliphatic carbocycles. The fourth-order valence-corrected chi connectivity index (χ4v) is 1.58. The number of carbonyl (C=O) groups is 1. The van der Waals surface area contributed by atoms with Crippen molar-refractivity contribution in [2.45, 2.75) is 19.4 Å². The Labute approximate surface area is 114 Å².